The number of hydrogen-bond donors (Lipinski definition) is 0. The van der Waals surface area contributed by atoms with Crippen LogP contribution in [0.2, 0.25) is 10.0 Å². The van der Waals surface area contributed by atoms with E-state index in [4.69, 9.17) is 23.2 Å². The van der Waals surface area contributed by atoms with E-state index in [1.54, 1.807) is 0 Å². The lowest BCUT2D eigenvalue weighted by molar-refractivity contribution is 1.17. The van der Waals surface area contributed by atoms with Crippen molar-refractivity contribution in [3.63, 3.8) is 0 Å². The fourth-order valence-corrected chi connectivity index (χ4v) is 4.99. The second kappa shape index (κ2) is 12.0. The summed E-state index contributed by atoms with van der Waals surface area (Å²) < 4.78 is 0. The van der Waals surface area contributed by atoms with Gasteiger partial charge in [-0.15, -0.1) is 11.8 Å². The minimum Gasteiger partial charge on any atom is -0.137 e. The molecule has 0 saturated carbocycles. The van der Waals surface area contributed by atoms with Gasteiger partial charge in [0.1, 0.15) is 0 Å². The predicted molar refractivity (Wildman–Crippen MR) is 147 cm³/mol. The lowest BCUT2D eigenvalue weighted by Gasteiger charge is -2.20. The third-order valence-electron chi connectivity index (χ3n) is 5.22. The van der Waals surface area contributed by atoms with E-state index in [2.05, 4.69) is 97.1 Å². The first-order valence-electron chi connectivity index (χ1n) is 10.8. The summed E-state index contributed by atoms with van der Waals surface area (Å²) in [4.78, 5) is 0. The van der Waals surface area contributed by atoms with Gasteiger partial charge in [0, 0.05) is 20.5 Å². The van der Waals surface area contributed by atoms with Crippen LogP contribution in [0.3, 0.4) is 0 Å². The molecule has 164 valence electrons. The fraction of sp³-hybridized carbons (Fsp3) is 0.0667. The van der Waals surface area contributed by atoms with Gasteiger partial charge in [0.05, 0.1) is 0 Å². The number of benzene rings is 4. The van der Waals surface area contributed by atoms with E-state index < -0.39 is 0 Å². The Bertz CT molecular complexity index is 1080. The molecule has 4 aromatic rings. The van der Waals surface area contributed by atoms with Crippen LogP contribution in [-0.4, -0.2) is 0 Å². The Balaban J connectivity index is 1.67. The number of rotatable bonds is 8. The van der Waals surface area contributed by atoms with E-state index in [1.165, 1.54) is 22.3 Å². The maximum Gasteiger partial charge on any atom is 0.0489 e. The van der Waals surface area contributed by atoms with Gasteiger partial charge in [-0.3, -0.25) is 0 Å². The molecule has 0 N–H and O–H groups in total. The predicted octanol–water partition coefficient (Wildman–Crippen LogP) is 9.94. The normalized spacial score (nSPS) is 13.4. The van der Waals surface area contributed by atoms with Crippen molar-refractivity contribution < 1.29 is 0 Å². The van der Waals surface area contributed by atoms with Crippen LogP contribution in [0.25, 0.3) is 12.2 Å². The first-order chi connectivity index (χ1) is 16.2. The van der Waals surface area contributed by atoms with Gasteiger partial charge in [0.2, 0.25) is 0 Å². The van der Waals surface area contributed by atoms with Crippen LogP contribution in [0.4, 0.5) is 0 Å². The molecule has 2 unspecified atom stereocenters. The Morgan fingerprint density at radius 3 is 1.21 bits per heavy atom. The molecule has 0 saturated heterocycles. The summed E-state index contributed by atoms with van der Waals surface area (Å²) in [7, 11) is 0. The molecule has 0 amide bonds. The van der Waals surface area contributed by atoms with Gasteiger partial charge >= 0.3 is 0 Å². The molecular formula is C30H24Cl2S. The first-order valence-corrected chi connectivity index (χ1v) is 12.5. The molecule has 0 spiro atoms. The van der Waals surface area contributed by atoms with Crippen LogP contribution in [0.5, 0.6) is 0 Å². The molecule has 0 aliphatic carbocycles. The van der Waals surface area contributed by atoms with Gasteiger partial charge in [0.25, 0.3) is 0 Å². The van der Waals surface area contributed by atoms with Crippen molar-refractivity contribution >= 4 is 47.1 Å². The number of halogens is 2. The van der Waals surface area contributed by atoms with Crippen molar-refractivity contribution in [1.29, 1.82) is 0 Å². The molecule has 4 rings (SSSR count). The van der Waals surface area contributed by atoms with E-state index in [1.807, 2.05) is 48.2 Å². The largest absolute Gasteiger partial charge is 0.137 e. The SMILES string of the molecule is Clc1ccc(C(/C=C\c2ccccc2)SC(/C=C\c2ccccc2)c2ccc(Cl)cc2)cc1. The summed E-state index contributed by atoms with van der Waals surface area (Å²) >= 11 is 14.2. The average molecular weight is 487 g/mol. The molecule has 0 aromatic heterocycles. The Kier molecular flexibility index (Phi) is 8.49. The average Bonchev–Trinajstić information content (AvgIpc) is 2.86. The summed E-state index contributed by atoms with van der Waals surface area (Å²) in [5, 5.41) is 1.77. The van der Waals surface area contributed by atoms with E-state index in [9.17, 15) is 0 Å². The minimum atomic E-state index is 0.142. The summed E-state index contributed by atoms with van der Waals surface area (Å²) in [6.45, 7) is 0. The monoisotopic (exact) mass is 486 g/mol. The summed E-state index contributed by atoms with van der Waals surface area (Å²) in [6, 6.07) is 37.0. The molecule has 4 aromatic carbocycles. The van der Waals surface area contributed by atoms with Crippen LogP contribution in [0.15, 0.2) is 121 Å². The molecule has 0 bridgehead atoms. The molecule has 0 aliphatic rings. The van der Waals surface area contributed by atoms with E-state index in [-0.39, 0.29) is 10.5 Å². The molecule has 0 heterocycles. The fourth-order valence-electron chi connectivity index (χ4n) is 3.46. The topological polar surface area (TPSA) is 0 Å². The Labute approximate surface area is 210 Å². The highest BCUT2D eigenvalue weighted by Crippen LogP contribution is 2.43. The molecule has 0 nitrogen and oxygen atoms in total. The molecule has 2 atom stereocenters. The van der Waals surface area contributed by atoms with Gasteiger partial charge in [-0.25, -0.2) is 0 Å². The van der Waals surface area contributed by atoms with E-state index in [0.29, 0.717) is 0 Å². The van der Waals surface area contributed by atoms with Crippen LogP contribution in [-0.2, 0) is 0 Å². The molecule has 0 fully saturated rings. The Hall–Kier alpha value is -2.71. The zero-order valence-corrected chi connectivity index (χ0v) is 20.3. The molecule has 0 radical (unpaired) electrons. The van der Waals surface area contributed by atoms with Crippen molar-refractivity contribution in [2.45, 2.75) is 10.5 Å². The molecule has 0 aliphatic heterocycles. The van der Waals surface area contributed by atoms with Crippen LogP contribution >= 0.6 is 35.0 Å². The van der Waals surface area contributed by atoms with Crippen molar-refractivity contribution in [2.24, 2.45) is 0 Å². The first kappa shape index (κ1) is 23.4. The van der Waals surface area contributed by atoms with Gasteiger partial charge in [-0.05, 0) is 46.5 Å². The smallest absolute Gasteiger partial charge is 0.0489 e. The van der Waals surface area contributed by atoms with Crippen LogP contribution in [0, 0.1) is 0 Å². The minimum absolute atomic E-state index is 0.142. The maximum absolute atomic E-state index is 6.17. The van der Waals surface area contributed by atoms with Gasteiger partial charge < -0.3 is 0 Å². The van der Waals surface area contributed by atoms with Crippen molar-refractivity contribution in [3.8, 4) is 0 Å². The van der Waals surface area contributed by atoms with Gasteiger partial charge in [-0.2, -0.15) is 0 Å². The maximum atomic E-state index is 6.17. The van der Waals surface area contributed by atoms with Crippen molar-refractivity contribution in [1.82, 2.24) is 0 Å². The third kappa shape index (κ3) is 7.14. The molecule has 33 heavy (non-hydrogen) atoms. The number of thioether (sulfide) groups is 1. The zero-order chi connectivity index (χ0) is 22.9. The zero-order valence-electron chi connectivity index (χ0n) is 18.0. The highest BCUT2D eigenvalue weighted by molar-refractivity contribution is 8.00. The van der Waals surface area contributed by atoms with Crippen LogP contribution < -0.4 is 0 Å². The Morgan fingerprint density at radius 2 is 0.848 bits per heavy atom. The van der Waals surface area contributed by atoms with Gasteiger partial charge in [-0.1, -0.05) is 132 Å². The van der Waals surface area contributed by atoms with Crippen molar-refractivity contribution in [2.75, 3.05) is 0 Å². The number of hydrogen-bond acceptors (Lipinski definition) is 1. The second-order valence-corrected chi connectivity index (χ2v) is 9.78. The summed E-state index contributed by atoms with van der Waals surface area (Å²) in [6.07, 6.45) is 8.91. The second-order valence-electron chi connectivity index (χ2n) is 7.62. The lowest BCUT2D eigenvalue weighted by atomic mass is 10.1. The molecular weight excluding hydrogens is 463 g/mol. The Morgan fingerprint density at radius 1 is 0.485 bits per heavy atom. The van der Waals surface area contributed by atoms with E-state index >= 15 is 0 Å². The quantitative estimate of drug-likeness (QED) is 0.238. The van der Waals surface area contributed by atoms with Crippen molar-refractivity contribution in [3.05, 3.63) is 154 Å². The third-order valence-corrected chi connectivity index (χ3v) is 7.17. The lowest BCUT2D eigenvalue weighted by Crippen LogP contribution is -1.97. The summed E-state index contributed by atoms with van der Waals surface area (Å²) in [5.74, 6) is 0. The standard InChI is InChI=1S/C30H24Cl2S/c31-27-17-13-25(14-18-27)29(21-11-23-7-3-1-4-8-23)33-30(26-15-19-28(32)20-16-26)22-12-24-9-5-2-6-10-24/h1-22,29-30H/b21-11-,22-12-. The molecule has 3 heteroatoms. The van der Waals surface area contributed by atoms with Gasteiger partial charge in [0.15, 0.2) is 0 Å². The summed E-state index contributed by atoms with van der Waals surface area (Å²) in [5.41, 5.74) is 4.78. The highest BCUT2D eigenvalue weighted by atomic mass is 35.5. The van der Waals surface area contributed by atoms with Crippen LogP contribution in [0.1, 0.15) is 32.8 Å². The highest BCUT2D eigenvalue weighted by Gasteiger charge is 2.17. The van der Waals surface area contributed by atoms with E-state index in [0.717, 1.165) is 10.0 Å².